The van der Waals surface area contributed by atoms with Gasteiger partial charge in [0.1, 0.15) is 0 Å². The highest BCUT2D eigenvalue weighted by atomic mass is 35.5. The van der Waals surface area contributed by atoms with Gasteiger partial charge < -0.3 is 9.67 Å². The van der Waals surface area contributed by atoms with Gasteiger partial charge in [-0.25, -0.2) is 4.79 Å². The predicted octanol–water partition coefficient (Wildman–Crippen LogP) is 5.30. The number of nitrogens with zero attached hydrogens (tertiary/aromatic N) is 1. The van der Waals surface area contributed by atoms with Crippen LogP contribution < -0.4 is 0 Å². The fourth-order valence-corrected chi connectivity index (χ4v) is 4.91. The standard InChI is InChI=1S/C23H24ClNO3/c1-14-5-4-7-19(24)21(14)22(26)18-13-25(20-8-3-2-6-17(18)20)16-11-9-15(10-12-16)23(27)28/h4-5,7,9,13,16H,2-3,6,8,10-12H2,1H3,(H,27,28). The Bertz CT molecular complexity index is 966. The summed E-state index contributed by atoms with van der Waals surface area (Å²) in [7, 11) is 0. The highest BCUT2D eigenvalue weighted by Gasteiger charge is 2.29. The number of ketones is 1. The van der Waals surface area contributed by atoms with E-state index in [9.17, 15) is 14.7 Å². The Kier molecular flexibility index (Phi) is 5.15. The first-order valence-corrected chi connectivity index (χ1v) is 10.3. The molecule has 1 aromatic heterocycles. The van der Waals surface area contributed by atoms with Crippen LogP contribution in [0.15, 0.2) is 36.0 Å². The highest BCUT2D eigenvalue weighted by molar-refractivity contribution is 6.35. The number of aromatic nitrogens is 1. The van der Waals surface area contributed by atoms with Crippen LogP contribution in [0.2, 0.25) is 5.02 Å². The number of benzene rings is 1. The van der Waals surface area contributed by atoms with Gasteiger partial charge >= 0.3 is 5.97 Å². The molecule has 1 aromatic carbocycles. The molecule has 0 saturated carbocycles. The molecular weight excluding hydrogens is 374 g/mol. The Morgan fingerprint density at radius 3 is 2.64 bits per heavy atom. The lowest BCUT2D eigenvalue weighted by atomic mass is 9.90. The van der Waals surface area contributed by atoms with Crippen LogP contribution in [0.4, 0.5) is 0 Å². The minimum Gasteiger partial charge on any atom is -0.478 e. The summed E-state index contributed by atoms with van der Waals surface area (Å²) in [5, 5.41) is 9.70. The average Bonchev–Trinajstić information content (AvgIpc) is 3.07. The summed E-state index contributed by atoms with van der Waals surface area (Å²) in [4.78, 5) is 24.6. The normalized spacial score (nSPS) is 19.1. The molecule has 1 heterocycles. The Balaban J connectivity index is 1.74. The molecule has 0 aliphatic heterocycles. The van der Waals surface area contributed by atoms with Gasteiger partial charge in [0.25, 0.3) is 0 Å². The van der Waals surface area contributed by atoms with Crippen molar-refractivity contribution in [3.8, 4) is 0 Å². The highest BCUT2D eigenvalue weighted by Crippen LogP contribution is 2.36. The maximum absolute atomic E-state index is 13.4. The smallest absolute Gasteiger partial charge is 0.331 e. The largest absolute Gasteiger partial charge is 0.478 e. The molecule has 0 radical (unpaired) electrons. The number of carbonyl (C=O) groups excluding carboxylic acids is 1. The van der Waals surface area contributed by atoms with Crippen LogP contribution in [0.3, 0.4) is 0 Å². The summed E-state index contributed by atoms with van der Waals surface area (Å²) in [6, 6.07) is 5.76. The fourth-order valence-electron chi connectivity index (χ4n) is 4.60. The third-order valence-corrected chi connectivity index (χ3v) is 6.40. The third-order valence-electron chi connectivity index (χ3n) is 6.09. The molecule has 1 unspecified atom stereocenters. The van der Waals surface area contributed by atoms with Crippen molar-refractivity contribution in [2.45, 2.75) is 57.9 Å². The molecule has 1 N–H and O–H groups in total. The minimum atomic E-state index is -0.821. The topological polar surface area (TPSA) is 59.3 Å². The van der Waals surface area contributed by atoms with Gasteiger partial charge in [0.2, 0.25) is 0 Å². The molecule has 2 aromatic rings. The van der Waals surface area contributed by atoms with Gasteiger partial charge in [0.05, 0.1) is 5.02 Å². The van der Waals surface area contributed by atoms with Gasteiger partial charge in [-0.1, -0.05) is 29.8 Å². The van der Waals surface area contributed by atoms with Crippen molar-refractivity contribution < 1.29 is 14.7 Å². The van der Waals surface area contributed by atoms with E-state index >= 15 is 0 Å². The molecule has 1 atom stereocenters. The van der Waals surface area contributed by atoms with Crippen molar-refractivity contribution in [1.82, 2.24) is 4.57 Å². The number of allylic oxidation sites excluding steroid dienone is 1. The SMILES string of the molecule is Cc1cccc(Cl)c1C(=O)c1cn(C2CC=C(C(=O)O)CC2)c2c1CCCC2. The van der Waals surface area contributed by atoms with Gasteiger partial charge in [0, 0.05) is 34.6 Å². The van der Waals surface area contributed by atoms with Crippen molar-refractivity contribution in [1.29, 1.82) is 0 Å². The molecule has 2 aliphatic carbocycles. The Labute approximate surface area is 169 Å². The molecule has 5 heteroatoms. The molecular formula is C23H24ClNO3. The van der Waals surface area contributed by atoms with Crippen molar-refractivity contribution in [2.24, 2.45) is 0 Å². The second-order valence-corrected chi connectivity index (χ2v) is 8.21. The number of carboxylic acid groups (broad SMARTS) is 1. The lowest BCUT2D eigenvalue weighted by molar-refractivity contribution is -0.132. The number of hydrogen-bond acceptors (Lipinski definition) is 2. The van der Waals surface area contributed by atoms with Gasteiger partial charge in [-0.2, -0.15) is 0 Å². The summed E-state index contributed by atoms with van der Waals surface area (Å²) in [6.45, 7) is 1.92. The van der Waals surface area contributed by atoms with Crippen LogP contribution in [-0.4, -0.2) is 21.4 Å². The first kappa shape index (κ1) is 19.0. The molecule has 0 fully saturated rings. The monoisotopic (exact) mass is 397 g/mol. The van der Waals surface area contributed by atoms with Crippen molar-refractivity contribution in [3.05, 3.63) is 69.0 Å². The predicted molar refractivity (Wildman–Crippen MR) is 109 cm³/mol. The van der Waals surface area contributed by atoms with E-state index in [2.05, 4.69) is 4.57 Å². The number of carbonyl (C=O) groups is 2. The van der Waals surface area contributed by atoms with Gasteiger partial charge in [-0.3, -0.25) is 4.79 Å². The second kappa shape index (κ2) is 7.59. The molecule has 0 spiro atoms. The maximum atomic E-state index is 13.4. The zero-order valence-corrected chi connectivity index (χ0v) is 16.8. The van der Waals surface area contributed by atoms with E-state index in [1.165, 1.54) is 5.69 Å². The summed E-state index contributed by atoms with van der Waals surface area (Å²) in [5.74, 6) is -0.823. The van der Waals surface area contributed by atoms with Crippen LogP contribution >= 0.6 is 11.6 Å². The number of aliphatic carboxylic acids is 1. The zero-order chi connectivity index (χ0) is 19.8. The van der Waals surface area contributed by atoms with Crippen molar-refractivity contribution in [3.63, 3.8) is 0 Å². The van der Waals surface area contributed by atoms with Crippen molar-refractivity contribution >= 4 is 23.4 Å². The number of halogens is 1. The summed E-state index contributed by atoms with van der Waals surface area (Å²) in [6.07, 6.45) is 9.99. The Morgan fingerprint density at radius 2 is 1.96 bits per heavy atom. The Hall–Kier alpha value is -2.33. The van der Waals surface area contributed by atoms with Crippen LogP contribution in [0.5, 0.6) is 0 Å². The van der Waals surface area contributed by atoms with Crippen LogP contribution in [0.25, 0.3) is 0 Å². The summed E-state index contributed by atoms with van der Waals surface area (Å²) in [5.41, 5.74) is 5.15. The van der Waals surface area contributed by atoms with Crippen LogP contribution in [0, 0.1) is 6.92 Å². The average molecular weight is 398 g/mol. The fraction of sp³-hybridized carbons (Fsp3) is 0.391. The van der Waals surface area contributed by atoms with Gasteiger partial charge in [-0.05, 0) is 69.1 Å². The first-order chi connectivity index (χ1) is 13.5. The second-order valence-electron chi connectivity index (χ2n) is 7.81. The minimum absolute atomic E-state index is 0.00224. The number of hydrogen-bond donors (Lipinski definition) is 1. The van der Waals surface area contributed by atoms with E-state index in [4.69, 9.17) is 11.6 Å². The molecule has 0 saturated heterocycles. The van der Waals surface area contributed by atoms with Crippen LogP contribution in [0.1, 0.15) is 70.9 Å². The molecule has 2 aliphatic rings. The van der Waals surface area contributed by atoms with E-state index in [0.717, 1.165) is 48.8 Å². The zero-order valence-electron chi connectivity index (χ0n) is 16.0. The van der Waals surface area contributed by atoms with E-state index in [-0.39, 0.29) is 11.8 Å². The summed E-state index contributed by atoms with van der Waals surface area (Å²) < 4.78 is 2.25. The van der Waals surface area contributed by atoms with Crippen LogP contribution in [-0.2, 0) is 17.6 Å². The quantitative estimate of drug-likeness (QED) is 0.712. The van der Waals surface area contributed by atoms with E-state index in [1.807, 2.05) is 31.3 Å². The molecule has 0 bridgehead atoms. The van der Waals surface area contributed by atoms with E-state index < -0.39 is 5.97 Å². The third kappa shape index (κ3) is 3.30. The lowest BCUT2D eigenvalue weighted by Crippen LogP contribution is -2.17. The van der Waals surface area contributed by atoms with E-state index in [1.54, 1.807) is 6.07 Å². The maximum Gasteiger partial charge on any atom is 0.331 e. The van der Waals surface area contributed by atoms with E-state index in [0.29, 0.717) is 29.0 Å². The molecule has 4 rings (SSSR count). The number of aryl methyl sites for hydroxylation is 1. The van der Waals surface area contributed by atoms with Gasteiger partial charge in [0.15, 0.2) is 5.78 Å². The molecule has 28 heavy (non-hydrogen) atoms. The number of rotatable bonds is 4. The molecule has 4 nitrogen and oxygen atoms in total. The lowest BCUT2D eigenvalue weighted by Gasteiger charge is -2.26. The summed E-state index contributed by atoms with van der Waals surface area (Å²) >= 11 is 6.37. The molecule has 0 amide bonds. The van der Waals surface area contributed by atoms with Gasteiger partial charge in [-0.15, -0.1) is 0 Å². The Morgan fingerprint density at radius 1 is 1.18 bits per heavy atom. The molecule has 146 valence electrons. The first-order valence-electron chi connectivity index (χ1n) is 9.92. The number of fused-ring (bicyclic) bond motifs is 1. The number of carboxylic acids is 1. The van der Waals surface area contributed by atoms with Crippen molar-refractivity contribution in [2.75, 3.05) is 0 Å².